The molecule has 3 fully saturated rings. The number of piperidine rings is 1. The van der Waals surface area contributed by atoms with Crippen molar-refractivity contribution in [2.45, 2.75) is 63.8 Å². The van der Waals surface area contributed by atoms with Gasteiger partial charge in [0.1, 0.15) is 0 Å². The average molecular weight is 507 g/mol. The van der Waals surface area contributed by atoms with Gasteiger partial charge in [-0.25, -0.2) is 9.37 Å². The third-order valence-corrected chi connectivity index (χ3v) is 7.45. The summed E-state index contributed by atoms with van der Waals surface area (Å²) in [6.45, 7) is 4.78. The van der Waals surface area contributed by atoms with Crippen molar-refractivity contribution in [3.05, 3.63) is 30.2 Å². The first-order valence-electron chi connectivity index (χ1n) is 12.5. The van der Waals surface area contributed by atoms with Crippen LogP contribution < -0.4 is 20.3 Å². The van der Waals surface area contributed by atoms with E-state index in [0.29, 0.717) is 43.7 Å². The summed E-state index contributed by atoms with van der Waals surface area (Å²) in [4.78, 5) is 12.9. The van der Waals surface area contributed by atoms with Crippen molar-refractivity contribution >= 4 is 23.1 Å². The number of hydrogen-bond donors (Lipinski definition) is 2. The minimum atomic E-state index is -2.96. The summed E-state index contributed by atoms with van der Waals surface area (Å²) in [5, 5.41) is 6.26. The molecule has 8 nitrogen and oxygen atoms in total. The van der Waals surface area contributed by atoms with Crippen molar-refractivity contribution in [2.75, 3.05) is 48.4 Å². The smallest absolute Gasteiger partial charge is 0.387 e. The first-order valence-corrected chi connectivity index (χ1v) is 12.5. The monoisotopic (exact) mass is 506 g/mol. The van der Waals surface area contributed by atoms with Crippen LogP contribution in [0.25, 0.3) is 0 Å². The molecule has 3 aliphatic rings. The van der Waals surface area contributed by atoms with Gasteiger partial charge in [0.25, 0.3) is 0 Å². The molecular formula is C25H33F3N6O2. The predicted molar refractivity (Wildman–Crippen MR) is 132 cm³/mol. The van der Waals surface area contributed by atoms with Crippen LogP contribution >= 0.6 is 0 Å². The Labute approximate surface area is 209 Å². The standard InChI is InChI=1S/C25H33F3N6O2/c1-25(2)7-5-18-13-17(6-8-34(18)25)30-22-19(26)15-29-24(32-22)31-16-3-4-20(21(14-16)36-23(27)28)33-9-11-35-12-10-33/h3-4,14-15,17-18,23H,5-13H2,1-2H3,(H2,29,30,31,32)/t17-,18-/m0/s1. The van der Waals surface area contributed by atoms with E-state index in [2.05, 4.69) is 39.3 Å². The maximum absolute atomic E-state index is 14.6. The molecule has 0 bridgehead atoms. The number of anilines is 4. The molecule has 196 valence electrons. The van der Waals surface area contributed by atoms with E-state index in [0.717, 1.165) is 32.0 Å². The van der Waals surface area contributed by atoms with E-state index in [1.54, 1.807) is 12.1 Å². The zero-order valence-corrected chi connectivity index (χ0v) is 20.6. The normalized spacial score (nSPS) is 24.0. The molecule has 2 aromatic rings. The van der Waals surface area contributed by atoms with E-state index in [9.17, 15) is 13.2 Å². The highest BCUT2D eigenvalue weighted by molar-refractivity contribution is 5.67. The number of hydrogen-bond acceptors (Lipinski definition) is 8. The van der Waals surface area contributed by atoms with Crippen LogP contribution in [0.15, 0.2) is 24.4 Å². The largest absolute Gasteiger partial charge is 0.433 e. The van der Waals surface area contributed by atoms with E-state index >= 15 is 0 Å². The maximum atomic E-state index is 14.6. The van der Waals surface area contributed by atoms with Gasteiger partial charge in [-0.2, -0.15) is 13.8 Å². The fourth-order valence-corrected chi connectivity index (χ4v) is 5.61. The second kappa shape index (κ2) is 10.3. The molecule has 2 atom stereocenters. The predicted octanol–water partition coefficient (Wildman–Crippen LogP) is 4.61. The van der Waals surface area contributed by atoms with Crippen molar-refractivity contribution in [2.24, 2.45) is 0 Å². The lowest BCUT2D eigenvalue weighted by Crippen LogP contribution is -2.50. The zero-order chi connectivity index (χ0) is 25.3. The van der Waals surface area contributed by atoms with E-state index in [-0.39, 0.29) is 29.1 Å². The van der Waals surface area contributed by atoms with Gasteiger partial charge in [0.05, 0.1) is 25.1 Å². The van der Waals surface area contributed by atoms with Crippen LogP contribution in [0.4, 0.5) is 36.3 Å². The molecule has 2 N–H and O–H groups in total. The van der Waals surface area contributed by atoms with Crippen LogP contribution in [0.1, 0.15) is 39.5 Å². The van der Waals surface area contributed by atoms with Gasteiger partial charge >= 0.3 is 6.61 Å². The average Bonchev–Trinajstić information content (AvgIpc) is 3.15. The lowest BCUT2D eigenvalue weighted by molar-refractivity contribution is -0.0495. The van der Waals surface area contributed by atoms with Crippen molar-refractivity contribution in [1.82, 2.24) is 14.9 Å². The van der Waals surface area contributed by atoms with Gasteiger partial charge in [0.2, 0.25) is 5.95 Å². The first-order chi connectivity index (χ1) is 17.3. The number of morpholine rings is 1. The van der Waals surface area contributed by atoms with Crippen LogP contribution in [0.3, 0.4) is 0 Å². The molecule has 0 aliphatic carbocycles. The van der Waals surface area contributed by atoms with Gasteiger partial charge in [-0.3, -0.25) is 4.90 Å². The maximum Gasteiger partial charge on any atom is 0.387 e. The van der Waals surface area contributed by atoms with Crippen LogP contribution in [-0.2, 0) is 4.74 Å². The third-order valence-electron chi connectivity index (χ3n) is 7.45. The van der Waals surface area contributed by atoms with Gasteiger partial charge < -0.3 is 25.0 Å². The Morgan fingerprint density at radius 2 is 1.97 bits per heavy atom. The SMILES string of the molecule is CC1(C)CC[C@H]2C[C@@H](Nc3nc(Nc4ccc(N5CCOCC5)c(OC(F)F)c4)ncc3F)CCN21. The highest BCUT2D eigenvalue weighted by Crippen LogP contribution is 2.39. The van der Waals surface area contributed by atoms with Crippen LogP contribution in [-0.4, -0.2) is 72.0 Å². The quantitative estimate of drug-likeness (QED) is 0.564. The van der Waals surface area contributed by atoms with E-state index in [1.807, 2.05) is 4.90 Å². The van der Waals surface area contributed by atoms with E-state index in [1.165, 1.54) is 12.5 Å². The topological polar surface area (TPSA) is 74.8 Å². The number of rotatable bonds is 7. The van der Waals surface area contributed by atoms with Crippen LogP contribution in [0.5, 0.6) is 5.75 Å². The number of halogens is 3. The fraction of sp³-hybridized carbons (Fsp3) is 0.600. The van der Waals surface area contributed by atoms with Gasteiger partial charge in [-0.15, -0.1) is 0 Å². The Morgan fingerprint density at radius 1 is 1.17 bits per heavy atom. The molecule has 0 unspecified atom stereocenters. The highest BCUT2D eigenvalue weighted by Gasteiger charge is 2.42. The molecule has 0 spiro atoms. The van der Waals surface area contributed by atoms with Gasteiger partial charge in [-0.1, -0.05) is 0 Å². The molecule has 0 saturated carbocycles. The molecule has 11 heteroatoms. The van der Waals surface area contributed by atoms with Gasteiger partial charge in [0, 0.05) is 49.0 Å². The molecule has 0 amide bonds. The summed E-state index contributed by atoms with van der Waals surface area (Å²) in [5.74, 6) is -0.180. The number of fused-ring (bicyclic) bond motifs is 1. The molecule has 5 rings (SSSR count). The summed E-state index contributed by atoms with van der Waals surface area (Å²) in [6, 6.07) is 5.54. The molecule has 3 aliphatic heterocycles. The molecular weight excluding hydrogens is 473 g/mol. The number of nitrogens with one attached hydrogen (secondary N) is 2. The molecule has 0 radical (unpaired) electrons. The summed E-state index contributed by atoms with van der Waals surface area (Å²) < 4.78 is 50.9. The lowest BCUT2D eigenvalue weighted by Gasteiger charge is -2.42. The minimum Gasteiger partial charge on any atom is -0.433 e. The van der Waals surface area contributed by atoms with Crippen LogP contribution in [0, 0.1) is 5.82 Å². The molecule has 4 heterocycles. The molecule has 1 aromatic heterocycles. The number of nitrogens with zero attached hydrogens (tertiary/aromatic N) is 4. The zero-order valence-electron chi connectivity index (χ0n) is 20.6. The summed E-state index contributed by atoms with van der Waals surface area (Å²) in [5.41, 5.74) is 1.24. The lowest BCUT2D eigenvalue weighted by atomic mass is 9.97. The summed E-state index contributed by atoms with van der Waals surface area (Å²) in [7, 11) is 0. The molecule has 3 saturated heterocycles. The second-order valence-electron chi connectivity index (χ2n) is 10.2. The van der Waals surface area contributed by atoms with Gasteiger partial charge in [-0.05, 0) is 51.7 Å². The van der Waals surface area contributed by atoms with Crippen molar-refractivity contribution in [3.8, 4) is 5.75 Å². The van der Waals surface area contributed by atoms with Crippen LogP contribution in [0.2, 0.25) is 0 Å². The number of alkyl halides is 2. The Balaban J connectivity index is 1.29. The Kier molecular flexibility index (Phi) is 7.11. The molecule has 36 heavy (non-hydrogen) atoms. The number of aromatic nitrogens is 2. The van der Waals surface area contributed by atoms with Crippen molar-refractivity contribution in [1.29, 1.82) is 0 Å². The summed E-state index contributed by atoms with van der Waals surface area (Å²) >= 11 is 0. The third kappa shape index (κ3) is 5.46. The highest BCUT2D eigenvalue weighted by atomic mass is 19.3. The van der Waals surface area contributed by atoms with Crippen molar-refractivity contribution in [3.63, 3.8) is 0 Å². The first kappa shape index (κ1) is 24.9. The van der Waals surface area contributed by atoms with E-state index in [4.69, 9.17) is 9.47 Å². The van der Waals surface area contributed by atoms with E-state index < -0.39 is 12.4 Å². The van der Waals surface area contributed by atoms with Crippen molar-refractivity contribution < 1.29 is 22.6 Å². The Bertz CT molecular complexity index is 1070. The minimum absolute atomic E-state index is 0.0450. The number of benzene rings is 1. The fourth-order valence-electron chi connectivity index (χ4n) is 5.61. The summed E-state index contributed by atoms with van der Waals surface area (Å²) in [6.07, 6.45) is 5.27. The Morgan fingerprint density at radius 3 is 2.75 bits per heavy atom. The number of ether oxygens (including phenoxy) is 2. The Hall–Kier alpha value is -2.79. The van der Waals surface area contributed by atoms with Gasteiger partial charge in [0.15, 0.2) is 17.4 Å². The molecule has 1 aromatic carbocycles. The second-order valence-corrected chi connectivity index (χ2v) is 10.2.